The van der Waals surface area contributed by atoms with Gasteiger partial charge in [-0.25, -0.2) is 9.97 Å². The molecule has 0 aliphatic rings. The van der Waals surface area contributed by atoms with Gasteiger partial charge in [0.1, 0.15) is 10.6 Å². The quantitative estimate of drug-likeness (QED) is 0.773. The number of aryl methyl sites for hydroxylation is 2. The lowest BCUT2D eigenvalue weighted by molar-refractivity contribution is 1.04. The molecule has 0 radical (unpaired) electrons. The van der Waals surface area contributed by atoms with Crippen molar-refractivity contribution < 1.29 is 0 Å². The number of aromatic nitrogens is 3. The predicted octanol–water partition coefficient (Wildman–Crippen LogP) is 3.42. The van der Waals surface area contributed by atoms with Gasteiger partial charge in [0.2, 0.25) is 5.95 Å². The lowest BCUT2D eigenvalue weighted by Gasteiger charge is -2.07. The average Bonchev–Trinajstić information content (AvgIpc) is 3.00. The van der Waals surface area contributed by atoms with E-state index in [2.05, 4.69) is 44.0 Å². The van der Waals surface area contributed by atoms with Crippen molar-refractivity contribution in [1.29, 1.82) is 0 Å². The molecule has 0 fully saturated rings. The Labute approximate surface area is 125 Å². The minimum absolute atomic E-state index is 0.635. The number of fused-ring (bicyclic) bond motifs is 1. The summed E-state index contributed by atoms with van der Waals surface area (Å²) >= 11 is 3.34. The van der Waals surface area contributed by atoms with Crippen molar-refractivity contribution in [1.82, 2.24) is 15.0 Å². The van der Waals surface area contributed by atoms with E-state index in [1.165, 1.54) is 4.88 Å². The van der Waals surface area contributed by atoms with Crippen LogP contribution in [0.5, 0.6) is 0 Å². The first-order valence-electron chi connectivity index (χ1n) is 6.26. The highest BCUT2D eigenvalue weighted by molar-refractivity contribution is 7.18. The van der Waals surface area contributed by atoms with Crippen LogP contribution in [0.2, 0.25) is 0 Å². The standard InChI is InChI=1S/C13H15N5S2/c1-7-4-10-11(15-5-9-6-19-8(2)16-9)17-13(14-3)18-12(10)20-7/h4,6H,5H2,1-3H3,(H2,14,15,17,18). The second-order valence-corrected chi connectivity index (χ2v) is 6.73. The number of hydrogen-bond donors (Lipinski definition) is 2. The summed E-state index contributed by atoms with van der Waals surface area (Å²) in [5, 5.41) is 10.6. The van der Waals surface area contributed by atoms with Gasteiger partial charge in [0, 0.05) is 17.3 Å². The minimum Gasteiger partial charge on any atom is -0.364 e. The summed E-state index contributed by atoms with van der Waals surface area (Å²) in [5.41, 5.74) is 1.04. The number of thiophene rings is 1. The van der Waals surface area contributed by atoms with Crippen molar-refractivity contribution in [2.75, 3.05) is 17.7 Å². The van der Waals surface area contributed by atoms with Gasteiger partial charge in [0.15, 0.2) is 0 Å². The highest BCUT2D eigenvalue weighted by atomic mass is 32.1. The molecule has 0 atom stereocenters. The third kappa shape index (κ3) is 2.59. The topological polar surface area (TPSA) is 62.7 Å². The van der Waals surface area contributed by atoms with Crippen molar-refractivity contribution in [3.63, 3.8) is 0 Å². The van der Waals surface area contributed by atoms with Crippen molar-refractivity contribution in [3.05, 3.63) is 27.0 Å². The monoisotopic (exact) mass is 305 g/mol. The molecule has 0 bridgehead atoms. The van der Waals surface area contributed by atoms with E-state index < -0.39 is 0 Å². The van der Waals surface area contributed by atoms with Crippen LogP contribution in [0, 0.1) is 13.8 Å². The normalized spacial score (nSPS) is 10.9. The van der Waals surface area contributed by atoms with Crippen LogP contribution in [-0.2, 0) is 6.54 Å². The fraction of sp³-hybridized carbons (Fsp3) is 0.308. The minimum atomic E-state index is 0.635. The van der Waals surface area contributed by atoms with Gasteiger partial charge >= 0.3 is 0 Å². The molecule has 3 aromatic heterocycles. The molecule has 0 saturated carbocycles. The lowest BCUT2D eigenvalue weighted by Crippen LogP contribution is -2.05. The maximum Gasteiger partial charge on any atom is 0.225 e. The highest BCUT2D eigenvalue weighted by Crippen LogP contribution is 2.29. The molecule has 7 heteroatoms. The fourth-order valence-electron chi connectivity index (χ4n) is 1.95. The summed E-state index contributed by atoms with van der Waals surface area (Å²) in [5.74, 6) is 1.49. The Balaban J connectivity index is 1.92. The van der Waals surface area contributed by atoms with E-state index >= 15 is 0 Å². The first-order valence-corrected chi connectivity index (χ1v) is 7.96. The first kappa shape index (κ1) is 13.3. The molecule has 2 N–H and O–H groups in total. The summed E-state index contributed by atoms with van der Waals surface area (Å²) < 4.78 is 0. The number of nitrogens with zero attached hydrogens (tertiary/aromatic N) is 3. The molecule has 0 amide bonds. The van der Waals surface area contributed by atoms with Crippen molar-refractivity contribution in [2.24, 2.45) is 0 Å². The van der Waals surface area contributed by atoms with Crippen molar-refractivity contribution in [2.45, 2.75) is 20.4 Å². The van der Waals surface area contributed by atoms with E-state index in [0.29, 0.717) is 12.5 Å². The largest absolute Gasteiger partial charge is 0.364 e. The molecule has 20 heavy (non-hydrogen) atoms. The van der Waals surface area contributed by atoms with Crippen LogP contribution in [0.1, 0.15) is 15.6 Å². The van der Waals surface area contributed by atoms with Gasteiger partial charge in [0.25, 0.3) is 0 Å². The zero-order chi connectivity index (χ0) is 14.1. The maximum atomic E-state index is 4.50. The zero-order valence-corrected chi connectivity index (χ0v) is 13.2. The molecule has 0 spiro atoms. The maximum absolute atomic E-state index is 4.50. The molecule has 3 rings (SSSR count). The van der Waals surface area contributed by atoms with E-state index in [0.717, 1.165) is 26.7 Å². The molecule has 0 aliphatic carbocycles. The Morgan fingerprint density at radius 3 is 2.75 bits per heavy atom. The average molecular weight is 305 g/mol. The van der Waals surface area contributed by atoms with Gasteiger partial charge in [-0.2, -0.15) is 4.98 Å². The molecule has 0 unspecified atom stereocenters. The summed E-state index contributed by atoms with van der Waals surface area (Å²) in [6, 6.07) is 2.12. The van der Waals surface area contributed by atoms with Crippen LogP contribution >= 0.6 is 22.7 Å². The fourth-order valence-corrected chi connectivity index (χ4v) is 3.44. The summed E-state index contributed by atoms with van der Waals surface area (Å²) in [6.45, 7) is 4.77. The van der Waals surface area contributed by atoms with Gasteiger partial charge in [-0.05, 0) is 19.9 Å². The number of thiazole rings is 1. The van der Waals surface area contributed by atoms with Crippen molar-refractivity contribution in [3.8, 4) is 0 Å². The first-order chi connectivity index (χ1) is 9.65. The lowest BCUT2D eigenvalue weighted by atomic mass is 10.3. The number of nitrogens with one attached hydrogen (secondary N) is 2. The summed E-state index contributed by atoms with van der Waals surface area (Å²) in [7, 11) is 1.83. The van der Waals surface area contributed by atoms with Gasteiger partial charge in [-0.1, -0.05) is 0 Å². The summed E-state index contributed by atoms with van der Waals surface area (Å²) in [6.07, 6.45) is 0. The molecule has 3 heterocycles. The second-order valence-electron chi connectivity index (χ2n) is 4.43. The second kappa shape index (κ2) is 5.34. The van der Waals surface area contributed by atoms with E-state index in [4.69, 9.17) is 0 Å². The van der Waals surface area contributed by atoms with Gasteiger partial charge in [-0.3, -0.25) is 0 Å². The number of anilines is 2. The predicted molar refractivity (Wildman–Crippen MR) is 85.9 cm³/mol. The smallest absolute Gasteiger partial charge is 0.225 e. The van der Waals surface area contributed by atoms with Gasteiger partial charge in [0.05, 0.1) is 22.6 Å². The highest BCUT2D eigenvalue weighted by Gasteiger charge is 2.10. The third-order valence-corrected chi connectivity index (χ3v) is 4.61. The van der Waals surface area contributed by atoms with E-state index in [1.54, 1.807) is 22.7 Å². The van der Waals surface area contributed by atoms with Crippen LogP contribution in [0.25, 0.3) is 10.2 Å². The molecular weight excluding hydrogens is 290 g/mol. The van der Waals surface area contributed by atoms with Crippen LogP contribution in [-0.4, -0.2) is 22.0 Å². The van der Waals surface area contributed by atoms with E-state index in [9.17, 15) is 0 Å². The molecule has 0 aromatic carbocycles. The summed E-state index contributed by atoms with van der Waals surface area (Å²) in [4.78, 5) is 15.7. The molecule has 3 aromatic rings. The van der Waals surface area contributed by atoms with Crippen molar-refractivity contribution >= 4 is 44.7 Å². The van der Waals surface area contributed by atoms with Gasteiger partial charge < -0.3 is 10.6 Å². The van der Waals surface area contributed by atoms with Gasteiger partial charge in [-0.15, -0.1) is 22.7 Å². The van der Waals surface area contributed by atoms with E-state index in [-0.39, 0.29) is 0 Å². The van der Waals surface area contributed by atoms with Crippen LogP contribution in [0.4, 0.5) is 11.8 Å². The molecular formula is C13H15N5S2. The Bertz CT molecular complexity index is 746. The number of rotatable bonds is 4. The molecule has 0 saturated heterocycles. The molecule has 0 aliphatic heterocycles. The van der Waals surface area contributed by atoms with Crippen LogP contribution < -0.4 is 10.6 Å². The SMILES string of the molecule is CNc1nc(NCc2csc(C)n2)c2cc(C)sc2n1. The van der Waals surface area contributed by atoms with Crippen LogP contribution in [0.15, 0.2) is 11.4 Å². The Morgan fingerprint density at radius 2 is 2.05 bits per heavy atom. The Kier molecular flexibility index (Phi) is 3.54. The number of hydrogen-bond acceptors (Lipinski definition) is 7. The Hall–Kier alpha value is -1.73. The zero-order valence-electron chi connectivity index (χ0n) is 11.5. The molecule has 5 nitrogen and oxygen atoms in total. The third-order valence-electron chi connectivity index (χ3n) is 2.84. The molecule has 104 valence electrons. The Morgan fingerprint density at radius 1 is 1.20 bits per heavy atom. The van der Waals surface area contributed by atoms with Crippen LogP contribution in [0.3, 0.4) is 0 Å². The van der Waals surface area contributed by atoms with E-state index in [1.807, 2.05) is 14.0 Å².